The highest BCUT2D eigenvalue weighted by atomic mass is 16.4. The number of nitriles is 1. The van der Waals surface area contributed by atoms with Gasteiger partial charge in [-0.2, -0.15) is 10.4 Å². The van der Waals surface area contributed by atoms with E-state index in [0.717, 1.165) is 0 Å². The number of carboxylic acids is 1. The van der Waals surface area contributed by atoms with Crippen molar-refractivity contribution in [3.8, 4) is 6.07 Å². The van der Waals surface area contributed by atoms with Gasteiger partial charge in [0.25, 0.3) is 0 Å². The molecule has 14 heavy (non-hydrogen) atoms. The summed E-state index contributed by atoms with van der Waals surface area (Å²) in [5.41, 5.74) is 0.944. The zero-order valence-electron chi connectivity index (χ0n) is 7.01. The van der Waals surface area contributed by atoms with Crippen molar-refractivity contribution in [3.05, 3.63) is 35.7 Å². The third kappa shape index (κ3) is 1.10. The molecule has 0 aliphatic rings. The molecule has 0 saturated heterocycles. The number of pyridine rings is 1. The van der Waals surface area contributed by atoms with Gasteiger partial charge in [-0.05, 0) is 12.1 Å². The lowest BCUT2D eigenvalue weighted by Crippen LogP contribution is -1.95. The number of rotatable bonds is 1. The van der Waals surface area contributed by atoms with E-state index in [1.807, 2.05) is 6.07 Å². The molecule has 5 nitrogen and oxygen atoms in total. The van der Waals surface area contributed by atoms with Gasteiger partial charge in [0, 0.05) is 6.20 Å². The highest BCUT2D eigenvalue weighted by Gasteiger charge is 2.10. The summed E-state index contributed by atoms with van der Waals surface area (Å²) in [5, 5.41) is 21.3. The third-order valence-electron chi connectivity index (χ3n) is 1.88. The first kappa shape index (κ1) is 8.26. The number of hydrogen-bond donors (Lipinski definition) is 1. The second-order valence-electron chi connectivity index (χ2n) is 2.72. The van der Waals surface area contributed by atoms with E-state index in [1.54, 1.807) is 12.3 Å². The van der Waals surface area contributed by atoms with Crippen LogP contribution in [0.25, 0.3) is 5.52 Å². The number of aromatic nitrogens is 2. The van der Waals surface area contributed by atoms with Crippen molar-refractivity contribution in [2.75, 3.05) is 0 Å². The predicted octanol–water partition coefficient (Wildman–Crippen LogP) is 0.904. The van der Waals surface area contributed by atoms with E-state index in [0.29, 0.717) is 11.1 Å². The summed E-state index contributed by atoms with van der Waals surface area (Å²) in [6.07, 6.45) is 2.82. The summed E-state index contributed by atoms with van der Waals surface area (Å²) in [6.45, 7) is 0. The molecule has 0 saturated carbocycles. The number of nitrogens with zero attached hydrogens (tertiary/aromatic N) is 3. The lowest BCUT2D eigenvalue weighted by atomic mass is 10.2. The molecule has 2 heterocycles. The quantitative estimate of drug-likeness (QED) is 0.719. The largest absolute Gasteiger partial charge is 0.478 e. The van der Waals surface area contributed by atoms with Gasteiger partial charge in [0.05, 0.1) is 23.3 Å². The minimum Gasteiger partial charge on any atom is -0.478 e. The van der Waals surface area contributed by atoms with Crippen molar-refractivity contribution in [3.63, 3.8) is 0 Å². The molecule has 0 radical (unpaired) electrons. The molecule has 1 N–H and O–H groups in total. The zero-order chi connectivity index (χ0) is 10.1. The van der Waals surface area contributed by atoms with Crippen LogP contribution < -0.4 is 0 Å². The van der Waals surface area contributed by atoms with Gasteiger partial charge in [-0.15, -0.1) is 0 Å². The molecule has 68 valence electrons. The molecule has 0 aliphatic carbocycles. The van der Waals surface area contributed by atoms with E-state index in [9.17, 15) is 4.79 Å². The summed E-state index contributed by atoms with van der Waals surface area (Å²) < 4.78 is 1.42. The van der Waals surface area contributed by atoms with Crippen LogP contribution in [0.15, 0.2) is 24.5 Å². The van der Waals surface area contributed by atoms with E-state index in [1.165, 1.54) is 16.8 Å². The summed E-state index contributed by atoms with van der Waals surface area (Å²) in [6, 6.07) is 5.01. The molecule has 0 atom stereocenters. The van der Waals surface area contributed by atoms with Crippen LogP contribution in [0.2, 0.25) is 0 Å². The van der Waals surface area contributed by atoms with E-state index in [-0.39, 0.29) is 5.56 Å². The lowest BCUT2D eigenvalue weighted by molar-refractivity contribution is 0.0699. The standard InChI is InChI=1S/C9H5N3O2/c10-4-6-1-2-12-8(3-6)7(5-11-12)9(13)14/h1-3,5H,(H,13,14). The maximum atomic E-state index is 10.7. The van der Waals surface area contributed by atoms with Crippen LogP contribution in [-0.4, -0.2) is 20.7 Å². The van der Waals surface area contributed by atoms with Gasteiger partial charge in [0.15, 0.2) is 0 Å². The number of carboxylic acid groups (broad SMARTS) is 1. The first-order chi connectivity index (χ1) is 6.72. The summed E-state index contributed by atoms with van der Waals surface area (Å²) in [5.74, 6) is -1.05. The maximum absolute atomic E-state index is 10.7. The van der Waals surface area contributed by atoms with Crippen LogP contribution in [0.3, 0.4) is 0 Å². The third-order valence-corrected chi connectivity index (χ3v) is 1.88. The fourth-order valence-electron chi connectivity index (χ4n) is 1.21. The minimum absolute atomic E-state index is 0.0992. The predicted molar refractivity (Wildman–Crippen MR) is 46.9 cm³/mol. The molecule has 2 rings (SSSR count). The molecular weight excluding hydrogens is 182 g/mol. The summed E-state index contributed by atoms with van der Waals surface area (Å²) in [4.78, 5) is 10.7. The van der Waals surface area contributed by atoms with E-state index >= 15 is 0 Å². The second-order valence-corrected chi connectivity index (χ2v) is 2.72. The highest BCUT2D eigenvalue weighted by Crippen LogP contribution is 2.11. The minimum atomic E-state index is -1.05. The van der Waals surface area contributed by atoms with Crippen LogP contribution in [0.4, 0.5) is 0 Å². The second kappa shape index (κ2) is 2.85. The molecular formula is C9H5N3O2. The fourth-order valence-corrected chi connectivity index (χ4v) is 1.21. The highest BCUT2D eigenvalue weighted by molar-refractivity contribution is 5.95. The molecule has 2 aromatic rings. The van der Waals surface area contributed by atoms with Crippen LogP contribution >= 0.6 is 0 Å². The van der Waals surface area contributed by atoms with Gasteiger partial charge < -0.3 is 5.11 Å². The van der Waals surface area contributed by atoms with Crippen molar-refractivity contribution in [1.82, 2.24) is 9.61 Å². The van der Waals surface area contributed by atoms with Crippen molar-refractivity contribution < 1.29 is 9.90 Å². The Morgan fingerprint density at radius 2 is 2.43 bits per heavy atom. The van der Waals surface area contributed by atoms with Gasteiger partial charge in [-0.25, -0.2) is 9.31 Å². The number of fused-ring (bicyclic) bond motifs is 1. The Hall–Kier alpha value is -2.35. The van der Waals surface area contributed by atoms with Gasteiger partial charge in [-0.3, -0.25) is 0 Å². The number of aromatic carboxylic acids is 1. The van der Waals surface area contributed by atoms with Crippen LogP contribution in [-0.2, 0) is 0 Å². The molecule has 0 aliphatic heterocycles. The molecule has 0 unspecified atom stereocenters. The first-order valence-electron chi connectivity index (χ1n) is 3.83. The number of carbonyl (C=O) groups is 1. The van der Waals surface area contributed by atoms with Gasteiger partial charge in [0.1, 0.15) is 5.56 Å². The van der Waals surface area contributed by atoms with Crippen molar-refractivity contribution in [2.24, 2.45) is 0 Å². The molecule has 2 aromatic heterocycles. The molecule has 0 spiro atoms. The molecule has 0 bridgehead atoms. The first-order valence-corrected chi connectivity index (χ1v) is 3.83. The van der Waals surface area contributed by atoms with E-state index < -0.39 is 5.97 Å². The molecule has 5 heteroatoms. The Morgan fingerprint density at radius 3 is 3.07 bits per heavy atom. The van der Waals surface area contributed by atoms with Gasteiger partial charge in [-0.1, -0.05) is 0 Å². The molecule has 0 amide bonds. The van der Waals surface area contributed by atoms with Crippen LogP contribution in [0, 0.1) is 11.3 Å². The Labute approximate surface area is 78.8 Å². The van der Waals surface area contributed by atoms with E-state index in [4.69, 9.17) is 10.4 Å². The van der Waals surface area contributed by atoms with Crippen molar-refractivity contribution in [1.29, 1.82) is 5.26 Å². The Morgan fingerprint density at radius 1 is 1.64 bits per heavy atom. The van der Waals surface area contributed by atoms with Crippen LogP contribution in [0.1, 0.15) is 15.9 Å². The van der Waals surface area contributed by atoms with Crippen LogP contribution in [0.5, 0.6) is 0 Å². The molecule has 0 fully saturated rings. The maximum Gasteiger partial charge on any atom is 0.339 e. The number of hydrogen-bond acceptors (Lipinski definition) is 3. The van der Waals surface area contributed by atoms with Gasteiger partial charge >= 0.3 is 5.97 Å². The van der Waals surface area contributed by atoms with Crippen molar-refractivity contribution >= 4 is 11.5 Å². The SMILES string of the molecule is N#Cc1ccn2ncc(C(=O)O)c2c1. The summed E-state index contributed by atoms with van der Waals surface area (Å²) in [7, 11) is 0. The topological polar surface area (TPSA) is 78.4 Å². The Balaban J connectivity index is 2.77. The normalized spacial score (nSPS) is 9.93. The fraction of sp³-hybridized carbons (Fsp3) is 0. The van der Waals surface area contributed by atoms with Crippen molar-refractivity contribution in [2.45, 2.75) is 0 Å². The van der Waals surface area contributed by atoms with E-state index in [2.05, 4.69) is 5.10 Å². The zero-order valence-corrected chi connectivity index (χ0v) is 7.01. The van der Waals surface area contributed by atoms with Gasteiger partial charge in [0.2, 0.25) is 0 Å². The Bertz CT molecular complexity index is 551. The smallest absolute Gasteiger partial charge is 0.339 e. The molecule has 0 aromatic carbocycles. The average Bonchev–Trinajstić information content (AvgIpc) is 2.59. The summed E-state index contributed by atoms with van der Waals surface area (Å²) >= 11 is 0. The Kier molecular flexibility index (Phi) is 1.68. The monoisotopic (exact) mass is 187 g/mol. The lowest BCUT2D eigenvalue weighted by Gasteiger charge is -1.94. The average molecular weight is 187 g/mol.